The van der Waals surface area contributed by atoms with Gasteiger partial charge in [-0.05, 0) is 135 Å². The van der Waals surface area contributed by atoms with Crippen LogP contribution in [0.2, 0.25) is 0 Å². The maximum absolute atomic E-state index is 14.3. The summed E-state index contributed by atoms with van der Waals surface area (Å²) in [6.07, 6.45) is 0. The van der Waals surface area contributed by atoms with Gasteiger partial charge in [0.2, 0.25) is 0 Å². The first-order valence-electron chi connectivity index (χ1n) is 18.2. The molecule has 0 aliphatic heterocycles. The highest BCUT2D eigenvalue weighted by atomic mass is 19.1. The molecule has 0 bridgehead atoms. The van der Waals surface area contributed by atoms with Gasteiger partial charge in [-0.15, -0.1) is 0 Å². The zero-order valence-corrected chi connectivity index (χ0v) is 29.2. The summed E-state index contributed by atoms with van der Waals surface area (Å²) in [6, 6.07) is 65.4. The van der Waals surface area contributed by atoms with Gasteiger partial charge in [0.05, 0.1) is 0 Å². The molecule has 10 aromatic carbocycles. The summed E-state index contributed by atoms with van der Waals surface area (Å²) >= 11 is 0. The predicted molar refractivity (Wildman–Crippen MR) is 223 cm³/mol. The van der Waals surface area contributed by atoms with Gasteiger partial charge in [0.15, 0.2) is 0 Å². The highest BCUT2D eigenvalue weighted by Crippen LogP contribution is 2.48. The minimum absolute atomic E-state index is 0.264. The Kier molecular flexibility index (Phi) is 7.63. The lowest BCUT2D eigenvalue weighted by Gasteiger charge is -2.21. The van der Waals surface area contributed by atoms with Gasteiger partial charge in [-0.3, -0.25) is 0 Å². The maximum atomic E-state index is 14.3. The van der Waals surface area contributed by atoms with Gasteiger partial charge in [0.25, 0.3) is 0 Å². The average Bonchev–Trinajstić information content (AvgIpc) is 3.24. The van der Waals surface area contributed by atoms with Crippen LogP contribution < -0.4 is 0 Å². The molecule has 10 aromatic rings. The van der Waals surface area contributed by atoms with E-state index in [0.29, 0.717) is 0 Å². The lowest BCUT2D eigenvalue weighted by molar-refractivity contribution is 0.627. The molecule has 0 unspecified atom stereocenters. The van der Waals surface area contributed by atoms with E-state index in [1.807, 2.05) is 36.4 Å². The van der Waals surface area contributed by atoms with Crippen molar-refractivity contribution in [3.05, 3.63) is 206 Å². The van der Waals surface area contributed by atoms with Gasteiger partial charge in [0.1, 0.15) is 11.6 Å². The van der Waals surface area contributed by atoms with E-state index in [1.165, 1.54) is 35.4 Å². The Labute approximate surface area is 312 Å². The molecule has 0 spiro atoms. The van der Waals surface area contributed by atoms with Crippen LogP contribution in [0.25, 0.3) is 99.1 Å². The van der Waals surface area contributed by atoms with E-state index in [4.69, 9.17) is 0 Å². The van der Waals surface area contributed by atoms with Crippen molar-refractivity contribution in [2.45, 2.75) is 0 Å². The van der Waals surface area contributed by atoms with Crippen LogP contribution in [0, 0.1) is 11.6 Å². The Balaban J connectivity index is 1.27. The maximum Gasteiger partial charge on any atom is 0.123 e. The molecule has 0 aliphatic carbocycles. The van der Waals surface area contributed by atoms with Gasteiger partial charge in [-0.25, -0.2) is 8.78 Å². The molecule has 254 valence electrons. The van der Waals surface area contributed by atoms with E-state index in [9.17, 15) is 8.78 Å². The molecule has 0 radical (unpaired) electrons. The van der Waals surface area contributed by atoms with Crippen LogP contribution in [0.15, 0.2) is 194 Å². The summed E-state index contributed by atoms with van der Waals surface area (Å²) in [7, 11) is 0. The topological polar surface area (TPSA) is 0 Å². The molecule has 0 nitrogen and oxygen atoms in total. The fourth-order valence-electron chi connectivity index (χ4n) is 8.15. The normalized spacial score (nSPS) is 11.5. The minimum atomic E-state index is -0.264. The summed E-state index contributed by atoms with van der Waals surface area (Å²) in [5.41, 5.74) is 13.1. The number of hydrogen-bond donors (Lipinski definition) is 0. The first-order valence-corrected chi connectivity index (χ1v) is 18.2. The van der Waals surface area contributed by atoms with Crippen LogP contribution in [0.1, 0.15) is 0 Å². The van der Waals surface area contributed by atoms with Crippen LogP contribution in [0.3, 0.4) is 0 Å². The first-order chi connectivity index (χ1) is 26.6. The summed E-state index contributed by atoms with van der Waals surface area (Å²) in [4.78, 5) is 0. The van der Waals surface area contributed by atoms with Gasteiger partial charge in [-0.2, -0.15) is 0 Å². The molecule has 0 saturated carbocycles. The van der Waals surface area contributed by atoms with Crippen LogP contribution in [-0.4, -0.2) is 0 Å². The number of benzene rings is 10. The zero-order valence-electron chi connectivity index (χ0n) is 29.2. The molecule has 0 atom stereocenters. The lowest BCUT2D eigenvalue weighted by Crippen LogP contribution is -1.94. The Bertz CT molecular complexity index is 2720. The molecule has 0 N–H and O–H groups in total. The molecule has 0 fully saturated rings. The Morgan fingerprint density at radius 1 is 0.222 bits per heavy atom. The van der Waals surface area contributed by atoms with E-state index in [0.717, 1.165) is 88.0 Å². The summed E-state index contributed by atoms with van der Waals surface area (Å²) < 4.78 is 28.6. The molecule has 0 saturated heterocycles. The first kappa shape index (κ1) is 31.8. The number of halogens is 2. The minimum Gasteiger partial charge on any atom is -0.207 e. The van der Waals surface area contributed by atoms with Crippen molar-refractivity contribution < 1.29 is 8.78 Å². The summed E-state index contributed by atoms with van der Waals surface area (Å²) in [5.74, 6) is -0.528. The lowest BCUT2D eigenvalue weighted by atomic mass is 9.82. The third kappa shape index (κ3) is 5.43. The quantitative estimate of drug-likeness (QED) is 0.152. The molecule has 0 aromatic heterocycles. The van der Waals surface area contributed by atoms with E-state index in [2.05, 4.69) is 133 Å². The Morgan fingerprint density at radius 3 is 0.759 bits per heavy atom. The van der Waals surface area contributed by atoms with E-state index in [-0.39, 0.29) is 11.6 Å². The smallest absolute Gasteiger partial charge is 0.123 e. The second kappa shape index (κ2) is 12.9. The molecular formula is C52H32F2. The molecule has 0 amide bonds. The van der Waals surface area contributed by atoms with Gasteiger partial charge in [0, 0.05) is 0 Å². The van der Waals surface area contributed by atoms with Crippen molar-refractivity contribution in [2.75, 3.05) is 0 Å². The second-order valence-electron chi connectivity index (χ2n) is 13.9. The highest BCUT2D eigenvalue weighted by Gasteiger charge is 2.21. The fraction of sp³-hybridized carbons (Fsp3) is 0. The third-order valence-electron chi connectivity index (χ3n) is 10.8. The van der Waals surface area contributed by atoms with Gasteiger partial charge in [-0.1, -0.05) is 158 Å². The molecule has 2 heteroatoms. The molecule has 54 heavy (non-hydrogen) atoms. The van der Waals surface area contributed by atoms with Crippen LogP contribution in [0.4, 0.5) is 8.78 Å². The third-order valence-corrected chi connectivity index (χ3v) is 10.8. The zero-order chi connectivity index (χ0) is 36.2. The molecule has 10 rings (SSSR count). The van der Waals surface area contributed by atoms with E-state index >= 15 is 0 Å². The van der Waals surface area contributed by atoms with E-state index < -0.39 is 0 Å². The van der Waals surface area contributed by atoms with Crippen LogP contribution in [-0.2, 0) is 0 Å². The van der Waals surface area contributed by atoms with Gasteiger partial charge < -0.3 is 0 Å². The van der Waals surface area contributed by atoms with Crippen LogP contribution >= 0.6 is 0 Å². The average molecular weight is 695 g/mol. The van der Waals surface area contributed by atoms with Crippen molar-refractivity contribution in [3.63, 3.8) is 0 Å². The number of rotatable bonds is 6. The largest absolute Gasteiger partial charge is 0.207 e. The summed E-state index contributed by atoms with van der Waals surface area (Å²) in [6.45, 7) is 0. The second-order valence-corrected chi connectivity index (χ2v) is 13.9. The van der Waals surface area contributed by atoms with Crippen molar-refractivity contribution in [2.24, 2.45) is 0 Å². The van der Waals surface area contributed by atoms with Gasteiger partial charge >= 0.3 is 0 Å². The molecular weight excluding hydrogens is 663 g/mol. The SMILES string of the molecule is Fc1ccc(-c2cc(-c3ccc(-c4ccccc4)cc3)c3ccc4c(-c5ccc(-c6ccccc6)cc5)cc(-c5ccc(F)cc5)c5ccc2c3c54)cc1. The predicted octanol–water partition coefficient (Wildman–Crippen LogP) is 14.9. The monoisotopic (exact) mass is 694 g/mol. The van der Waals surface area contributed by atoms with Crippen molar-refractivity contribution in [3.8, 4) is 66.8 Å². The standard InChI is InChI=1S/C52H32F2/c53-41-23-19-39(20-24-41)49-31-47(37-15-11-35(12-16-37)33-7-3-1-4-8-33)43-27-28-44-48(38-17-13-36(14-18-38)34-9-5-2-6-10-34)32-50(40-21-25-42(54)26-22-40)46-30-29-45(49)51(43)52(44)46/h1-32H. The molecule has 0 aliphatic rings. The fourth-order valence-corrected chi connectivity index (χ4v) is 8.15. The van der Waals surface area contributed by atoms with Crippen molar-refractivity contribution in [1.29, 1.82) is 0 Å². The Morgan fingerprint density at radius 2 is 0.463 bits per heavy atom. The van der Waals surface area contributed by atoms with Crippen molar-refractivity contribution in [1.82, 2.24) is 0 Å². The van der Waals surface area contributed by atoms with Crippen molar-refractivity contribution >= 4 is 32.3 Å². The number of hydrogen-bond acceptors (Lipinski definition) is 0. The van der Waals surface area contributed by atoms with Crippen LogP contribution in [0.5, 0.6) is 0 Å². The molecule has 0 heterocycles. The Hall–Kier alpha value is -6.90. The van der Waals surface area contributed by atoms with E-state index in [1.54, 1.807) is 0 Å². The highest BCUT2D eigenvalue weighted by molar-refractivity contribution is 6.32. The summed E-state index contributed by atoms with van der Waals surface area (Å²) in [5, 5.41) is 6.79.